The molecule has 0 aliphatic carbocycles. The van der Waals surface area contributed by atoms with E-state index < -0.39 is 5.54 Å². The molecule has 1 fully saturated rings. The quantitative estimate of drug-likeness (QED) is 0.819. The van der Waals surface area contributed by atoms with Crippen LogP contribution in [0.1, 0.15) is 38.3 Å². The standard InChI is InChI=1S/C16H23N3OS/c1-11(2)8-16(3)14(20)19(15(21)18-16)10-13-6-4-12(9-17)5-7-13/h4-7,11H,8-10,17H2,1-3H3,(H,18,21). The van der Waals surface area contributed by atoms with Crippen LogP contribution in [-0.4, -0.2) is 21.5 Å². The first-order valence-electron chi connectivity index (χ1n) is 7.27. The van der Waals surface area contributed by atoms with Crippen LogP contribution in [0.3, 0.4) is 0 Å². The van der Waals surface area contributed by atoms with Crippen LogP contribution < -0.4 is 11.1 Å². The second kappa shape index (κ2) is 6.12. The zero-order valence-electron chi connectivity index (χ0n) is 12.8. The fraction of sp³-hybridized carbons (Fsp3) is 0.500. The van der Waals surface area contributed by atoms with Gasteiger partial charge in [-0.2, -0.15) is 0 Å². The molecule has 2 rings (SSSR count). The molecular formula is C16H23N3OS. The summed E-state index contributed by atoms with van der Waals surface area (Å²) in [6.45, 7) is 7.17. The number of carbonyl (C=O) groups is 1. The molecule has 1 aliphatic rings. The van der Waals surface area contributed by atoms with Crippen molar-refractivity contribution in [3.8, 4) is 0 Å². The van der Waals surface area contributed by atoms with E-state index in [2.05, 4.69) is 19.2 Å². The van der Waals surface area contributed by atoms with Gasteiger partial charge in [-0.1, -0.05) is 38.1 Å². The molecule has 5 heteroatoms. The van der Waals surface area contributed by atoms with Gasteiger partial charge in [0.2, 0.25) is 0 Å². The van der Waals surface area contributed by atoms with E-state index in [0.29, 0.717) is 24.1 Å². The molecule has 1 unspecified atom stereocenters. The Labute approximate surface area is 131 Å². The second-order valence-electron chi connectivity index (χ2n) is 6.27. The summed E-state index contributed by atoms with van der Waals surface area (Å²) in [6.07, 6.45) is 0.772. The molecule has 4 nitrogen and oxygen atoms in total. The van der Waals surface area contributed by atoms with Crippen molar-refractivity contribution in [1.82, 2.24) is 10.2 Å². The molecule has 1 aromatic carbocycles. The Balaban J connectivity index is 2.13. The summed E-state index contributed by atoms with van der Waals surface area (Å²) in [5.74, 6) is 0.488. The molecular weight excluding hydrogens is 282 g/mol. The Morgan fingerprint density at radius 1 is 1.29 bits per heavy atom. The fourth-order valence-electron chi connectivity index (χ4n) is 2.81. The van der Waals surface area contributed by atoms with Gasteiger partial charge in [-0.25, -0.2) is 0 Å². The van der Waals surface area contributed by atoms with E-state index in [1.807, 2.05) is 31.2 Å². The molecule has 1 saturated heterocycles. The van der Waals surface area contributed by atoms with Gasteiger partial charge in [0.1, 0.15) is 5.54 Å². The van der Waals surface area contributed by atoms with E-state index in [9.17, 15) is 4.79 Å². The van der Waals surface area contributed by atoms with Crippen molar-refractivity contribution < 1.29 is 4.79 Å². The van der Waals surface area contributed by atoms with Gasteiger partial charge >= 0.3 is 0 Å². The third kappa shape index (κ3) is 3.41. The number of nitrogens with two attached hydrogens (primary N) is 1. The average Bonchev–Trinajstić information content (AvgIpc) is 2.62. The van der Waals surface area contributed by atoms with Gasteiger partial charge in [0, 0.05) is 6.54 Å². The zero-order chi connectivity index (χ0) is 15.6. The van der Waals surface area contributed by atoms with Crippen LogP contribution in [-0.2, 0) is 17.9 Å². The van der Waals surface area contributed by atoms with E-state index >= 15 is 0 Å². The average molecular weight is 305 g/mol. The summed E-state index contributed by atoms with van der Waals surface area (Å²) in [7, 11) is 0. The topological polar surface area (TPSA) is 58.4 Å². The molecule has 1 aromatic rings. The van der Waals surface area contributed by atoms with Crippen LogP contribution in [0.15, 0.2) is 24.3 Å². The lowest BCUT2D eigenvalue weighted by molar-refractivity contribution is -0.131. The lowest BCUT2D eigenvalue weighted by Crippen LogP contribution is -2.44. The number of nitrogens with one attached hydrogen (secondary N) is 1. The summed E-state index contributed by atoms with van der Waals surface area (Å²) in [6, 6.07) is 7.96. The minimum absolute atomic E-state index is 0.0594. The Hall–Kier alpha value is -1.46. The van der Waals surface area contributed by atoms with Gasteiger partial charge in [0.25, 0.3) is 5.91 Å². The van der Waals surface area contributed by atoms with E-state index in [1.54, 1.807) is 4.90 Å². The number of thiocarbonyl (C=S) groups is 1. The first kappa shape index (κ1) is 15.9. The van der Waals surface area contributed by atoms with Crippen LogP contribution in [0.25, 0.3) is 0 Å². The van der Waals surface area contributed by atoms with Gasteiger partial charge in [-0.05, 0) is 42.6 Å². The van der Waals surface area contributed by atoms with Crippen LogP contribution >= 0.6 is 12.2 Å². The predicted molar refractivity (Wildman–Crippen MR) is 88.5 cm³/mol. The largest absolute Gasteiger partial charge is 0.348 e. The molecule has 0 aromatic heterocycles. The molecule has 0 saturated carbocycles. The van der Waals surface area contributed by atoms with Crippen molar-refractivity contribution >= 4 is 23.2 Å². The maximum Gasteiger partial charge on any atom is 0.254 e. The molecule has 0 bridgehead atoms. The Morgan fingerprint density at radius 3 is 2.38 bits per heavy atom. The molecule has 0 radical (unpaired) electrons. The van der Waals surface area contributed by atoms with Crippen molar-refractivity contribution in [2.75, 3.05) is 0 Å². The summed E-state index contributed by atoms with van der Waals surface area (Å²) in [4.78, 5) is 14.3. The molecule has 1 aliphatic heterocycles. The first-order valence-corrected chi connectivity index (χ1v) is 7.68. The van der Waals surface area contributed by atoms with Crippen LogP contribution in [0.5, 0.6) is 0 Å². The number of benzene rings is 1. The van der Waals surface area contributed by atoms with Crippen molar-refractivity contribution in [2.45, 2.75) is 45.8 Å². The second-order valence-corrected chi connectivity index (χ2v) is 6.66. The third-order valence-corrected chi connectivity index (χ3v) is 4.08. The molecule has 1 heterocycles. The zero-order valence-corrected chi connectivity index (χ0v) is 13.7. The Bertz CT molecular complexity index is 541. The minimum atomic E-state index is -0.581. The number of hydrogen-bond acceptors (Lipinski definition) is 3. The first-order chi connectivity index (χ1) is 9.85. The smallest absolute Gasteiger partial charge is 0.254 e. The van der Waals surface area contributed by atoms with E-state index in [-0.39, 0.29) is 5.91 Å². The van der Waals surface area contributed by atoms with Gasteiger partial charge in [-0.3, -0.25) is 9.69 Å². The fourth-order valence-corrected chi connectivity index (χ4v) is 3.18. The SMILES string of the molecule is CC(C)CC1(C)NC(=S)N(Cc2ccc(CN)cc2)C1=O. The lowest BCUT2D eigenvalue weighted by Gasteiger charge is -2.24. The molecule has 21 heavy (non-hydrogen) atoms. The van der Waals surface area contributed by atoms with Crippen molar-refractivity contribution in [3.05, 3.63) is 35.4 Å². The van der Waals surface area contributed by atoms with Gasteiger partial charge in [0.15, 0.2) is 5.11 Å². The van der Waals surface area contributed by atoms with E-state index in [1.165, 1.54) is 0 Å². The van der Waals surface area contributed by atoms with Gasteiger partial charge in [-0.15, -0.1) is 0 Å². The lowest BCUT2D eigenvalue weighted by atomic mass is 9.91. The molecule has 3 N–H and O–H groups in total. The number of rotatable bonds is 5. The van der Waals surface area contributed by atoms with Crippen molar-refractivity contribution in [1.29, 1.82) is 0 Å². The van der Waals surface area contributed by atoms with Gasteiger partial charge < -0.3 is 11.1 Å². The summed E-state index contributed by atoms with van der Waals surface area (Å²) in [5, 5.41) is 3.71. The third-order valence-electron chi connectivity index (χ3n) is 3.76. The highest BCUT2D eigenvalue weighted by Crippen LogP contribution is 2.26. The van der Waals surface area contributed by atoms with E-state index in [0.717, 1.165) is 17.5 Å². The summed E-state index contributed by atoms with van der Waals surface area (Å²) >= 11 is 5.34. The molecule has 114 valence electrons. The van der Waals surface area contributed by atoms with Crippen molar-refractivity contribution in [3.63, 3.8) is 0 Å². The number of hydrogen-bond donors (Lipinski definition) is 2. The summed E-state index contributed by atoms with van der Waals surface area (Å²) < 4.78 is 0. The minimum Gasteiger partial charge on any atom is -0.348 e. The Morgan fingerprint density at radius 2 is 1.86 bits per heavy atom. The maximum atomic E-state index is 12.7. The van der Waals surface area contributed by atoms with E-state index in [4.69, 9.17) is 18.0 Å². The highest BCUT2D eigenvalue weighted by atomic mass is 32.1. The molecule has 1 amide bonds. The Kier molecular flexibility index (Phi) is 4.64. The molecule has 1 atom stereocenters. The number of amides is 1. The predicted octanol–water partition coefficient (Wildman–Crippen LogP) is 2.17. The normalized spacial score (nSPS) is 22.0. The van der Waals surface area contributed by atoms with Crippen LogP contribution in [0.4, 0.5) is 0 Å². The van der Waals surface area contributed by atoms with Gasteiger partial charge in [0.05, 0.1) is 6.54 Å². The highest BCUT2D eigenvalue weighted by molar-refractivity contribution is 7.80. The maximum absolute atomic E-state index is 12.7. The van der Waals surface area contributed by atoms with Crippen LogP contribution in [0.2, 0.25) is 0 Å². The van der Waals surface area contributed by atoms with Crippen LogP contribution in [0, 0.1) is 5.92 Å². The number of carbonyl (C=O) groups excluding carboxylic acids is 1. The van der Waals surface area contributed by atoms with Crippen molar-refractivity contribution in [2.24, 2.45) is 11.7 Å². The molecule has 0 spiro atoms. The summed E-state index contributed by atoms with van der Waals surface area (Å²) in [5.41, 5.74) is 7.15. The highest BCUT2D eigenvalue weighted by Gasteiger charge is 2.45. The number of nitrogens with zero attached hydrogens (tertiary/aromatic N) is 1. The monoisotopic (exact) mass is 305 g/mol.